The van der Waals surface area contributed by atoms with Gasteiger partial charge in [-0.05, 0) is 35.7 Å². The van der Waals surface area contributed by atoms with Gasteiger partial charge in [-0.15, -0.1) is 0 Å². The van der Waals surface area contributed by atoms with Crippen LogP contribution in [0.3, 0.4) is 0 Å². The SMILES string of the molecule is CC(N)c1ccccc1-c1ccc(F)c(F)c1. The van der Waals surface area contributed by atoms with Crippen LogP contribution < -0.4 is 5.73 Å². The molecule has 0 radical (unpaired) electrons. The summed E-state index contributed by atoms with van der Waals surface area (Å²) in [4.78, 5) is 0. The summed E-state index contributed by atoms with van der Waals surface area (Å²) in [6.45, 7) is 1.86. The Bertz CT molecular complexity index is 535. The molecule has 0 amide bonds. The van der Waals surface area contributed by atoms with Crippen LogP contribution in [0.5, 0.6) is 0 Å². The van der Waals surface area contributed by atoms with Gasteiger partial charge >= 0.3 is 0 Å². The highest BCUT2D eigenvalue weighted by atomic mass is 19.2. The molecule has 0 bridgehead atoms. The molecule has 0 aliphatic carbocycles. The molecule has 1 unspecified atom stereocenters. The first kappa shape index (κ1) is 11.7. The molecule has 88 valence electrons. The molecule has 2 N–H and O–H groups in total. The molecule has 0 heterocycles. The zero-order chi connectivity index (χ0) is 12.4. The fourth-order valence-corrected chi connectivity index (χ4v) is 1.82. The predicted octanol–water partition coefficient (Wildman–Crippen LogP) is 3.65. The van der Waals surface area contributed by atoms with Crippen molar-refractivity contribution in [2.75, 3.05) is 0 Å². The van der Waals surface area contributed by atoms with Crippen molar-refractivity contribution >= 4 is 0 Å². The van der Waals surface area contributed by atoms with Crippen molar-refractivity contribution < 1.29 is 8.78 Å². The second-order valence-corrected chi connectivity index (χ2v) is 4.00. The van der Waals surface area contributed by atoms with Crippen LogP contribution in [0.4, 0.5) is 8.78 Å². The minimum Gasteiger partial charge on any atom is -0.324 e. The number of hydrogen-bond acceptors (Lipinski definition) is 1. The molecular formula is C14H13F2N. The number of rotatable bonds is 2. The molecule has 1 nitrogen and oxygen atoms in total. The van der Waals surface area contributed by atoms with Gasteiger partial charge in [0.2, 0.25) is 0 Å². The van der Waals surface area contributed by atoms with E-state index in [9.17, 15) is 8.78 Å². The molecule has 0 aliphatic heterocycles. The van der Waals surface area contributed by atoms with Crippen molar-refractivity contribution in [3.63, 3.8) is 0 Å². The molecule has 0 aromatic heterocycles. The first-order valence-corrected chi connectivity index (χ1v) is 5.39. The van der Waals surface area contributed by atoms with Crippen LogP contribution in [0.15, 0.2) is 42.5 Å². The highest BCUT2D eigenvalue weighted by molar-refractivity contribution is 5.68. The quantitative estimate of drug-likeness (QED) is 0.841. The molecule has 2 rings (SSSR count). The van der Waals surface area contributed by atoms with Crippen LogP contribution in [-0.4, -0.2) is 0 Å². The summed E-state index contributed by atoms with van der Waals surface area (Å²) in [6.07, 6.45) is 0. The topological polar surface area (TPSA) is 26.0 Å². The Morgan fingerprint density at radius 3 is 2.35 bits per heavy atom. The first-order valence-electron chi connectivity index (χ1n) is 5.39. The summed E-state index contributed by atoms with van der Waals surface area (Å²) in [7, 11) is 0. The zero-order valence-electron chi connectivity index (χ0n) is 9.45. The van der Waals surface area contributed by atoms with E-state index in [0.717, 1.165) is 17.2 Å². The van der Waals surface area contributed by atoms with E-state index >= 15 is 0 Å². The third-order valence-corrected chi connectivity index (χ3v) is 2.68. The van der Waals surface area contributed by atoms with Crippen LogP contribution in [0.2, 0.25) is 0 Å². The third-order valence-electron chi connectivity index (χ3n) is 2.68. The van der Waals surface area contributed by atoms with Crippen molar-refractivity contribution in [2.45, 2.75) is 13.0 Å². The first-order chi connectivity index (χ1) is 8.09. The average molecular weight is 233 g/mol. The zero-order valence-corrected chi connectivity index (χ0v) is 9.45. The summed E-state index contributed by atoms with van der Waals surface area (Å²) in [6, 6.07) is 11.2. The van der Waals surface area contributed by atoms with Crippen LogP contribution in [0, 0.1) is 11.6 Å². The van der Waals surface area contributed by atoms with E-state index in [0.29, 0.717) is 5.56 Å². The summed E-state index contributed by atoms with van der Waals surface area (Å²) in [5.74, 6) is -1.69. The number of benzene rings is 2. The normalized spacial score (nSPS) is 12.5. The van der Waals surface area contributed by atoms with Gasteiger partial charge in [-0.2, -0.15) is 0 Å². The molecule has 0 fully saturated rings. The van der Waals surface area contributed by atoms with E-state index in [1.54, 1.807) is 6.07 Å². The standard InChI is InChI=1S/C14H13F2N/c1-9(17)11-4-2-3-5-12(11)10-6-7-13(15)14(16)8-10/h2-9H,17H2,1H3. The lowest BCUT2D eigenvalue weighted by Crippen LogP contribution is -2.06. The second kappa shape index (κ2) is 4.63. The van der Waals surface area contributed by atoms with Gasteiger partial charge in [-0.3, -0.25) is 0 Å². The Kier molecular flexibility index (Phi) is 3.20. The van der Waals surface area contributed by atoms with Crippen molar-refractivity contribution in [1.29, 1.82) is 0 Å². The second-order valence-electron chi connectivity index (χ2n) is 4.00. The van der Waals surface area contributed by atoms with E-state index in [4.69, 9.17) is 5.73 Å². The van der Waals surface area contributed by atoms with E-state index in [2.05, 4.69) is 0 Å². The Balaban J connectivity index is 2.56. The molecule has 0 saturated carbocycles. The molecular weight excluding hydrogens is 220 g/mol. The Hall–Kier alpha value is -1.74. The van der Waals surface area contributed by atoms with Crippen LogP contribution >= 0.6 is 0 Å². The largest absolute Gasteiger partial charge is 0.324 e. The van der Waals surface area contributed by atoms with Gasteiger partial charge in [-0.1, -0.05) is 30.3 Å². The van der Waals surface area contributed by atoms with E-state index in [-0.39, 0.29) is 6.04 Å². The van der Waals surface area contributed by atoms with Crippen molar-refractivity contribution in [2.24, 2.45) is 5.73 Å². The highest BCUT2D eigenvalue weighted by Crippen LogP contribution is 2.28. The molecule has 0 saturated heterocycles. The van der Waals surface area contributed by atoms with E-state index in [1.807, 2.05) is 31.2 Å². The maximum absolute atomic E-state index is 13.2. The minimum absolute atomic E-state index is 0.153. The summed E-state index contributed by atoms with van der Waals surface area (Å²) in [5, 5.41) is 0. The van der Waals surface area contributed by atoms with Crippen LogP contribution in [0.25, 0.3) is 11.1 Å². The molecule has 17 heavy (non-hydrogen) atoms. The maximum atomic E-state index is 13.2. The number of nitrogens with two attached hydrogens (primary N) is 1. The third kappa shape index (κ3) is 2.34. The summed E-state index contributed by atoms with van der Waals surface area (Å²) in [5.41, 5.74) is 8.24. The summed E-state index contributed by atoms with van der Waals surface area (Å²) < 4.78 is 26.1. The minimum atomic E-state index is -0.845. The molecule has 2 aromatic rings. The van der Waals surface area contributed by atoms with Gasteiger partial charge in [0.25, 0.3) is 0 Å². The molecule has 0 aliphatic rings. The van der Waals surface area contributed by atoms with E-state index < -0.39 is 11.6 Å². The van der Waals surface area contributed by atoms with Crippen molar-refractivity contribution in [3.8, 4) is 11.1 Å². The van der Waals surface area contributed by atoms with Crippen LogP contribution in [-0.2, 0) is 0 Å². The Labute approximate surface area is 98.9 Å². The highest BCUT2D eigenvalue weighted by Gasteiger charge is 2.10. The summed E-state index contributed by atoms with van der Waals surface area (Å²) >= 11 is 0. The van der Waals surface area contributed by atoms with Gasteiger partial charge in [0.05, 0.1) is 0 Å². The molecule has 1 atom stereocenters. The fourth-order valence-electron chi connectivity index (χ4n) is 1.82. The maximum Gasteiger partial charge on any atom is 0.159 e. The lowest BCUT2D eigenvalue weighted by atomic mass is 9.96. The van der Waals surface area contributed by atoms with Gasteiger partial charge in [-0.25, -0.2) is 8.78 Å². The molecule has 2 aromatic carbocycles. The smallest absolute Gasteiger partial charge is 0.159 e. The lowest BCUT2D eigenvalue weighted by molar-refractivity contribution is 0.509. The monoisotopic (exact) mass is 233 g/mol. The number of hydrogen-bond donors (Lipinski definition) is 1. The van der Waals surface area contributed by atoms with E-state index in [1.165, 1.54) is 6.07 Å². The molecule has 3 heteroatoms. The lowest BCUT2D eigenvalue weighted by Gasteiger charge is -2.12. The fraction of sp³-hybridized carbons (Fsp3) is 0.143. The van der Waals surface area contributed by atoms with Gasteiger partial charge < -0.3 is 5.73 Å². The van der Waals surface area contributed by atoms with Gasteiger partial charge in [0.15, 0.2) is 11.6 Å². The average Bonchev–Trinajstić information content (AvgIpc) is 2.32. The van der Waals surface area contributed by atoms with Crippen molar-refractivity contribution in [1.82, 2.24) is 0 Å². The molecule has 0 spiro atoms. The number of halogens is 2. The van der Waals surface area contributed by atoms with Crippen LogP contribution in [0.1, 0.15) is 18.5 Å². The Morgan fingerprint density at radius 2 is 1.71 bits per heavy atom. The van der Waals surface area contributed by atoms with Crippen molar-refractivity contribution in [3.05, 3.63) is 59.7 Å². The van der Waals surface area contributed by atoms with Gasteiger partial charge in [0, 0.05) is 6.04 Å². The Morgan fingerprint density at radius 1 is 1.00 bits per heavy atom. The van der Waals surface area contributed by atoms with Gasteiger partial charge in [0.1, 0.15) is 0 Å². The predicted molar refractivity (Wildman–Crippen MR) is 64.4 cm³/mol.